The molecule has 1 fully saturated rings. The zero-order valence-corrected chi connectivity index (χ0v) is 16.8. The molecule has 1 saturated heterocycles. The van der Waals surface area contributed by atoms with Crippen molar-refractivity contribution < 1.29 is 4.79 Å². The molecule has 1 N–H and O–H groups in total. The van der Waals surface area contributed by atoms with Crippen molar-refractivity contribution in [3.63, 3.8) is 0 Å². The van der Waals surface area contributed by atoms with E-state index < -0.39 is 0 Å². The minimum Gasteiger partial charge on any atom is -0.348 e. The first-order valence-electron chi connectivity index (χ1n) is 9.88. The Morgan fingerprint density at radius 2 is 1.76 bits per heavy atom. The summed E-state index contributed by atoms with van der Waals surface area (Å²) in [6.45, 7) is 2.18. The van der Waals surface area contributed by atoms with Crippen LogP contribution in [0.25, 0.3) is 22.0 Å². The van der Waals surface area contributed by atoms with Crippen LogP contribution in [0, 0.1) is 0 Å². The van der Waals surface area contributed by atoms with Crippen LogP contribution in [0.2, 0.25) is 0 Å². The monoisotopic (exact) mass is 399 g/mol. The second-order valence-electron chi connectivity index (χ2n) is 7.27. The molecule has 5 heteroatoms. The molecule has 4 nitrogen and oxygen atoms in total. The molecular formula is C24H21N3OS. The van der Waals surface area contributed by atoms with E-state index in [0.29, 0.717) is 5.56 Å². The summed E-state index contributed by atoms with van der Waals surface area (Å²) in [5.41, 5.74) is 3.43. The number of aromatic nitrogens is 1. The van der Waals surface area contributed by atoms with Crippen LogP contribution in [0.15, 0.2) is 72.1 Å². The fourth-order valence-electron chi connectivity index (χ4n) is 3.83. The fraction of sp³-hybridized carbons (Fsp3) is 0.167. The normalized spacial score (nSPS) is 13.7. The maximum Gasteiger partial charge on any atom is 0.256 e. The molecule has 3 aromatic carbocycles. The number of carbonyl (C=O) groups excluding carboxylic acids is 1. The maximum absolute atomic E-state index is 12.9. The Labute approximate surface area is 173 Å². The van der Waals surface area contributed by atoms with Crippen LogP contribution in [0.3, 0.4) is 0 Å². The lowest BCUT2D eigenvalue weighted by molar-refractivity contribution is 0.102. The fourth-order valence-corrected chi connectivity index (χ4v) is 4.72. The van der Waals surface area contributed by atoms with E-state index in [1.165, 1.54) is 12.8 Å². The number of nitrogens with one attached hydrogen (secondary N) is 1. The SMILES string of the molecule is O=C(Nc1cccc(-c2csc(N3CCCC3)n2)c1)c1cccc2ccccc12. The number of carbonyl (C=O) groups is 1. The van der Waals surface area contributed by atoms with E-state index in [2.05, 4.69) is 15.6 Å². The summed E-state index contributed by atoms with van der Waals surface area (Å²) in [6, 6.07) is 21.7. The summed E-state index contributed by atoms with van der Waals surface area (Å²) in [5, 5.41) is 8.25. The van der Waals surface area contributed by atoms with Crippen molar-refractivity contribution >= 4 is 38.8 Å². The van der Waals surface area contributed by atoms with Crippen LogP contribution in [-0.4, -0.2) is 24.0 Å². The van der Waals surface area contributed by atoms with Gasteiger partial charge in [0.15, 0.2) is 5.13 Å². The molecule has 0 atom stereocenters. The highest BCUT2D eigenvalue weighted by Gasteiger charge is 2.16. The minimum atomic E-state index is -0.102. The highest BCUT2D eigenvalue weighted by atomic mass is 32.1. The summed E-state index contributed by atoms with van der Waals surface area (Å²) >= 11 is 1.69. The minimum absolute atomic E-state index is 0.102. The van der Waals surface area contributed by atoms with E-state index in [0.717, 1.165) is 45.9 Å². The van der Waals surface area contributed by atoms with E-state index in [1.807, 2.05) is 66.7 Å². The first-order chi connectivity index (χ1) is 14.3. The maximum atomic E-state index is 12.9. The van der Waals surface area contributed by atoms with E-state index in [1.54, 1.807) is 11.3 Å². The lowest BCUT2D eigenvalue weighted by atomic mass is 10.0. The average Bonchev–Trinajstić information content (AvgIpc) is 3.45. The van der Waals surface area contributed by atoms with Crippen molar-refractivity contribution in [3.05, 3.63) is 77.7 Å². The smallest absolute Gasteiger partial charge is 0.256 e. The molecule has 2 heterocycles. The van der Waals surface area contributed by atoms with Gasteiger partial charge in [-0.05, 0) is 41.8 Å². The van der Waals surface area contributed by atoms with Gasteiger partial charge in [0, 0.05) is 35.3 Å². The predicted octanol–water partition coefficient (Wildman–Crippen LogP) is 5.82. The second-order valence-corrected chi connectivity index (χ2v) is 8.11. The number of anilines is 2. The molecule has 0 bridgehead atoms. The van der Waals surface area contributed by atoms with Gasteiger partial charge in [0.2, 0.25) is 0 Å². The Bertz CT molecular complexity index is 1170. The van der Waals surface area contributed by atoms with Crippen LogP contribution in [-0.2, 0) is 0 Å². The third kappa shape index (κ3) is 3.61. The summed E-state index contributed by atoms with van der Waals surface area (Å²) in [7, 11) is 0. The average molecular weight is 400 g/mol. The standard InChI is InChI=1S/C24H21N3OS/c28-23(21-12-6-8-17-7-1-2-11-20(17)21)25-19-10-5-9-18(15-19)22-16-29-24(26-22)27-13-3-4-14-27/h1-2,5-12,15-16H,3-4,13-14H2,(H,25,28). The number of amides is 1. The van der Waals surface area contributed by atoms with Crippen LogP contribution < -0.4 is 10.2 Å². The van der Waals surface area contributed by atoms with Crippen molar-refractivity contribution in [1.82, 2.24) is 4.98 Å². The predicted molar refractivity (Wildman–Crippen MR) is 121 cm³/mol. The molecule has 29 heavy (non-hydrogen) atoms. The summed E-state index contributed by atoms with van der Waals surface area (Å²) < 4.78 is 0. The van der Waals surface area contributed by atoms with Crippen LogP contribution in [0.1, 0.15) is 23.2 Å². The molecule has 0 aliphatic carbocycles. The van der Waals surface area contributed by atoms with Gasteiger partial charge in [-0.25, -0.2) is 4.98 Å². The molecule has 0 spiro atoms. The van der Waals surface area contributed by atoms with Crippen molar-refractivity contribution in [1.29, 1.82) is 0 Å². The summed E-state index contributed by atoms with van der Waals surface area (Å²) in [4.78, 5) is 20.1. The molecule has 1 aliphatic heterocycles. The van der Waals surface area contributed by atoms with Gasteiger partial charge in [-0.3, -0.25) is 4.79 Å². The van der Waals surface area contributed by atoms with E-state index in [9.17, 15) is 4.79 Å². The Hall–Kier alpha value is -3.18. The topological polar surface area (TPSA) is 45.2 Å². The van der Waals surface area contributed by atoms with Gasteiger partial charge >= 0.3 is 0 Å². The molecule has 1 aliphatic rings. The zero-order valence-electron chi connectivity index (χ0n) is 16.0. The number of fused-ring (bicyclic) bond motifs is 1. The molecule has 144 valence electrons. The first-order valence-corrected chi connectivity index (χ1v) is 10.8. The van der Waals surface area contributed by atoms with Gasteiger partial charge in [0.25, 0.3) is 5.91 Å². The van der Waals surface area contributed by atoms with Crippen molar-refractivity contribution in [2.45, 2.75) is 12.8 Å². The molecule has 5 rings (SSSR count). The Morgan fingerprint density at radius 1 is 0.966 bits per heavy atom. The molecular weight excluding hydrogens is 378 g/mol. The third-order valence-electron chi connectivity index (χ3n) is 5.32. The Balaban J connectivity index is 1.39. The lowest BCUT2D eigenvalue weighted by Crippen LogP contribution is -2.17. The summed E-state index contributed by atoms with van der Waals surface area (Å²) in [6.07, 6.45) is 2.48. The number of benzene rings is 3. The molecule has 1 amide bonds. The Morgan fingerprint density at radius 3 is 2.66 bits per heavy atom. The van der Waals surface area contributed by atoms with Gasteiger partial charge in [-0.15, -0.1) is 11.3 Å². The molecule has 1 aromatic heterocycles. The quantitative estimate of drug-likeness (QED) is 0.471. The van der Waals surface area contributed by atoms with Crippen LogP contribution in [0.5, 0.6) is 0 Å². The number of thiazole rings is 1. The van der Waals surface area contributed by atoms with Crippen molar-refractivity contribution in [3.8, 4) is 11.3 Å². The van der Waals surface area contributed by atoms with E-state index in [-0.39, 0.29) is 5.91 Å². The highest BCUT2D eigenvalue weighted by molar-refractivity contribution is 7.14. The van der Waals surface area contributed by atoms with Gasteiger partial charge < -0.3 is 10.2 Å². The molecule has 0 unspecified atom stereocenters. The number of nitrogens with zero attached hydrogens (tertiary/aromatic N) is 2. The largest absolute Gasteiger partial charge is 0.348 e. The molecule has 4 aromatic rings. The summed E-state index contributed by atoms with van der Waals surface area (Å²) in [5.74, 6) is -0.102. The van der Waals surface area contributed by atoms with Gasteiger partial charge in [0.1, 0.15) is 0 Å². The first kappa shape index (κ1) is 17.9. The molecule has 0 radical (unpaired) electrons. The van der Waals surface area contributed by atoms with Gasteiger partial charge in [0.05, 0.1) is 5.69 Å². The third-order valence-corrected chi connectivity index (χ3v) is 6.22. The van der Waals surface area contributed by atoms with Crippen molar-refractivity contribution in [2.75, 3.05) is 23.3 Å². The highest BCUT2D eigenvalue weighted by Crippen LogP contribution is 2.30. The number of hydrogen-bond donors (Lipinski definition) is 1. The van der Waals surface area contributed by atoms with Crippen molar-refractivity contribution in [2.24, 2.45) is 0 Å². The lowest BCUT2D eigenvalue weighted by Gasteiger charge is -2.12. The number of hydrogen-bond acceptors (Lipinski definition) is 4. The van der Waals surface area contributed by atoms with Gasteiger partial charge in [-0.2, -0.15) is 0 Å². The zero-order chi connectivity index (χ0) is 19.6. The van der Waals surface area contributed by atoms with E-state index >= 15 is 0 Å². The number of rotatable bonds is 4. The van der Waals surface area contributed by atoms with Crippen LogP contribution in [0.4, 0.5) is 10.8 Å². The van der Waals surface area contributed by atoms with Gasteiger partial charge in [-0.1, -0.05) is 48.5 Å². The van der Waals surface area contributed by atoms with E-state index in [4.69, 9.17) is 4.98 Å². The molecule has 0 saturated carbocycles. The second kappa shape index (κ2) is 7.68. The van der Waals surface area contributed by atoms with Crippen LogP contribution >= 0.6 is 11.3 Å². The Kier molecular flexibility index (Phi) is 4.74.